The zero-order valence-corrected chi connectivity index (χ0v) is 8.33. The first-order valence-corrected chi connectivity index (χ1v) is 4.90. The lowest BCUT2D eigenvalue weighted by atomic mass is 10.8. The van der Waals surface area contributed by atoms with Gasteiger partial charge in [0.1, 0.15) is 0 Å². The lowest BCUT2D eigenvalue weighted by Gasteiger charge is -1.94. The predicted octanol–water partition coefficient (Wildman–Crippen LogP) is 1.09. The largest absolute Gasteiger partial charge is 0.479 e. The van der Waals surface area contributed by atoms with E-state index in [1.807, 2.05) is 0 Å². The third-order valence-electron chi connectivity index (χ3n) is 1.26. The van der Waals surface area contributed by atoms with Gasteiger partial charge in [0.2, 0.25) is 0 Å². The number of carboxylic acids is 1. The Bertz CT molecular complexity index is 357. The summed E-state index contributed by atoms with van der Waals surface area (Å²) in [5, 5.41) is 14.2. The molecule has 0 bridgehead atoms. The Balaban J connectivity index is 2.87. The minimum atomic E-state index is -2.78. The Kier molecular flexibility index (Phi) is 3.72. The van der Waals surface area contributed by atoms with E-state index in [1.54, 1.807) is 0 Å². The zero-order valence-electron chi connectivity index (χ0n) is 7.52. The highest BCUT2D eigenvalue weighted by Gasteiger charge is 2.37. The van der Waals surface area contributed by atoms with Crippen molar-refractivity contribution < 1.29 is 28.2 Å². The number of hydrogen-bond donors (Lipinski definition) is 1. The van der Waals surface area contributed by atoms with E-state index in [-0.39, 0.29) is 5.19 Å². The first kappa shape index (κ1) is 11.6. The van der Waals surface area contributed by atoms with Gasteiger partial charge in [0, 0.05) is 0 Å². The fourth-order valence-corrected chi connectivity index (χ4v) is 1.82. The van der Waals surface area contributed by atoms with Gasteiger partial charge in [-0.2, -0.15) is 8.78 Å². The monoisotopic (exact) mass is 241 g/mol. The van der Waals surface area contributed by atoms with Crippen LogP contribution in [0.1, 0.15) is 5.76 Å². The van der Waals surface area contributed by atoms with E-state index in [0.717, 1.165) is 0 Å². The number of aromatic nitrogens is 2. The number of alkyl halides is 2. The van der Waals surface area contributed by atoms with E-state index in [2.05, 4.69) is 19.7 Å². The van der Waals surface area contributed by atoms with Crippen LogP contribution in [0, 0.1) is 0 Å². The van der Waals surface area contributed by atoms with E-state index in [9.17, 15) is 13.6 Å². The number of nitrogens with zero attached hydrogens (tertiary/aromatic N) is 2. The molecule has 1 atom stereocenters. The second-order valence-electron chi connectivity index (χ2n) is 2.22. The van der Waals surface area contributed by atoms with Crippen LogP contribution >= 0.6 is 10.5 Å². The van der Waals surface area contributed by atoms with Crippen molar-refractivity contribution in [3.63, 3.8) is 0 Å². The first-order chi connectivity index (χ1) is 7.06. The average Bonchev–Trinajstić information content (AvgIpc) is 2.57. The van der Waals surface area contributed by atoms with Gasteiger partial charge in [0.15, 0.2) is 17.1 Å². The fourth-order valence-electron chi connectivity index (χ4n) is 0.743. The normalized spacial score (nSPS) is 11.6. The van der Waals surface area contributed by atoms with Crippen molar-refractivity contribution in [1.82, 2.24) is 10.2 Å². The van der Waals surface area contributed by atoms with Crippen molar-refractivity contribution in [3.05, 3.63) is 0 Å². The number of ether oxygens (including phenoxy) is 2. The molecular formula is C6H7F2N2O4S+. The van der Waals surface area contributed by atoms with Gasteiger partial charge in [-0.1, -0.05) is 10.2 Å². The molecule has 0 saturated heterocycles. The quantitative estimate of drug-likeness (QED) is 0.777. The number of methoxy groups -OCH3 is 1. The molecule has 1 heterocycles. The minimum absolute atomic E-state index is 0.259. The lowest BCUT2D eigenvalue weighted by Crippen LogP contribution is -2.09. The van der Waals surface area contributed by atoms with Crippen LogP contribution in [0.2, 0.25) is 0 Å². The summed E-state index contributed by atoms with van der Waals surface area (Å²) in [6.45, 7) is -0.735. The highest BCUT2D eigenvalue weighted by molar-refractivity contribution is 7.34. The number of carboxylic acid groups (broad SMARTS) is 1. The smallest absolute Gasteiger partial charge is 0.465 e. The molecule has 0 aliphatic carbocycles. The van der Waals surface area contributed by atoms with E-state index in [1.165, 1.54) is 7.11 Å². The fraction of sp³-hybridized carbons (Fsp3) is 0.500. The molecule has 0 amide bonds. The third kappa shape index (κ3) is 2.72. The summed E-state index contributed by atoms with van der Waals surface area (Å²) in [6, 6.07) is 0. The molecule has 0 radical (unpaired) electrons. The summed E-state index contributed by atoms with van der Waals surface area (Å²) in [5.74, 6) is -4.06. The van der Waals surface area contributed by atoms with Gasteiger partial charge >= 0.3 is 22.1 Å². The maximum absolute atomic E-state index is 12.5. The molecule has 0 aliphatic heterocycles. The number of rotatable bonds is 5. The molecule has 1 rings (SSSR count). The van der Waals surface area contributed by atoms with Gasteiger partial charge in [-0.3, -0.25) is 0 Å². The molecule has 0 fully saturated rings. The van der Waals surface area contributed by atoms with Crippen LogP contribution in [-0.2, 0) is 4.79 Å². The second-order valence-corrected chi connectivity index (χ2v) is 3.95. The number of hydrogen-bond acceptors (Lipinski definition) is 5. The van der Waals surface area contributed by atoms with Crippen molar-refractivity contribution in [3.8, 4) is 10.4 Å². The predicted molar refractivity (Wildman–Crippen MR) is 45.4 cm³/mol. The summed E-state index contributed by atoms with van der Waals surface area (Å²) in [7, 11) is -0.635. The van der Waals surface area contributed by atoms with Crippen molar-refractivity contribution >= 4 is 16.4 Å². The minimum Gasteiger partial charge on any atom is -0.479 e. The SMILES string of the molecule is COc1nnc(OCC(=O)O)[s+]1C(F)F. The standard InChI is InChI=1S/C6H6F2N2O4S/c1-13-5-9-10-6(14-2-3(11)12)15(5)4(7)8/h4H,2H2,1H3/p+1. The topological polar surface area (TPSA) is 81.5 Å². The van der Waals surface area contributed by atoms with Crippen molar-refractivity contribution in [2.75, 3.05) is 13.7 Å². The molecule has 1 aromatic rings. The molecule has 15 heavy (non-hydrogen) atoms. The summed E-state index contributed by atoms with van der Waals surface area (Å²) < 4.78 is 34.1. The molecule has 0 spiro atoms. The Labute approximate surface area is 85.4 Å². The molecular weight excluding hydrogens is 234 g/mol. The first-order valence-electron chi connectivity index (χ1n) is 3.61. The Morgan fingerprint density at radius 3 is 2.60 bits per heavy atom. The number of halogens is 2. The van der Waals surface area contributed by atoms with Gasteiger partial charge in [-0.05, 0) is 0 Å². The van der Waals surface area contributed by atoms with Gasteiger partial charge in [-0.15, -0.1) is 0 Å². The molecule has 84 valence electrons. The van der Waals surface area contributed by atoms with Crippen LogP contribution in [0.3, 0.4) is 0 Å². The zero-order chi connectivity index (χ0) is 11.4. The van der Waals surface area contributed by atoms with Crippen molar-refractivity contribution in [2.45, 2.75) is 5.76 Å². The highest BCUT2D eigenvalue weighted by Crippen LogP contribution is 2.48. The van der Waals surface area contributed by atoms with E-state index in [0.29, 0.717) is 0 Å². The molecule has 1 N–H and O–H groups in total. The number of carbonyl (C=O) groups is 1. The van der Waals surface area contributed by atoms with Gasteiger partial charge in [-0.25, -0.2) is 4.79 Å². The molecule has 0 saturated carbocycles. The average molecular weight is 241 g/mol. The highest BCUT2D eigenvalue weighted by atomic mass is 32.2. The third-order valence-corrected chi connectivity index (χ3v) is 2.82. The van der Waals surface area contributed by atoms with E-state index < -0.39 is 34.0 Å². The molecule has 0 aliphatic rings. The lowest BCUT2D eigenvalue weighted by molar-refractivity contribution is -0.139. The van der Waals surface area contributed by atoms with Gasteiger partial charge in [0.05, 0.1) is 7.11 Å². The van der Waals surface area contributed by atoms with Crippen LogP contribution in [0.25, 0.3) is 0 Å². The maximum Gasteiger partial charge on any atom is 0.465 e. The van der Waals surface area contributed by atoms with Gasteiger partial charge in [0.25, 0.3) is 0 Å². The number of aliphatic carboxylic acids is 1. The van der Waals surface area contributed by atoms with Crippen LogP contribution in [0.15, 0.2) is 0 Å². The summed E-state index contributed by atoms with van der Waals surface area (Å²) >= 11 is 0. The molecule has 1 aromatic heterocycles. The molecule has 1 unspecified atom stereocenters. The van der Waals surface area contributed by atoms with E-state index >= 15 is 0 Å². The van der Waals surface area contributed by atoms with Crippen LogP contribution in [0.5, 0.6) is 10.4 Å². The Morgan fingerprint density at radius 2 is 2.13 bits per heavy atom. The second kappa shape index (κ2) is 4.82. The summed E-state index contributed by atoms with van der Waals surface area (Å²) in [5.41, 5.74) is 0. The molecule has 0 aromatic carbocycles. The Morgan fingerprint density at radius 1 is 1.53 bits per heavy atom. The van der Waals surface area contributed by atoms with Crippen LogP contribution < -0.4 is 9.47 Å². The molecule has 6 nitrogen and oxygen atoms in total. The van der Waals surface area contributed by atoms with Crippen LogP contribution in [-0.4, -0.2) is 35.0 Å². The van der Waals surface area contributed by atoms with Crippen molar-refractivity contribution in [1.29, 1.82) is 0 Å². The summed E-state index contributed by atoms with van der Waals surface area (Å²) in [4.78, 5) is 10.2. The molecule has 9 heteroatoms. The Hall–Kier alpha value is -1.51. The maximum atomic E-state index is 12.5. The van der Waals surface area contributed by atoms with E-state index in [4.69, 9.17) is 5.11 Å². The van der Waals surface area contributed by atoms with Crippen LogP contribution in [0.4, 0.5) is 8.78 Å². The summed E-state index contributed by atoms with van der Waals surface area (Å²) in [6.07, 6.45) is 0. The van der Waals surface area contributed by atoms with Crippen molar-refractivity contribution in [2.24, 2.45) is 0 Å². The van der Waals surface area contributed by atoms with Gasteiger partial charge < -0.3 is 14.6 Å².